The standard InChI is InChI=1S/C22H29NO5/c1-12-16(20(4,5)19(26)22(11-23)13(2)28-22)7-8-21(6)17(12)9-15(25)10-18(21)27-14(3)24/h9,12-13,16,18H,7-8,10H2,1-6H3/t12?,13?,16-,18-,21?,22?/m1/s1. The van der Waals surface area contributed by atoms with Crippen molar-refractivity contribution >= 4 is 17.5 Å². The van der Waals surface area contributed by atoms with Gasteiger partial charge in [0.05, 0.1) is 0 Å². The van der Waals surface area contributed by atoms with E-state index in [0.717, 1.165) is 12.0 Å². The van der Waals surface area contributed by atoms with Crippen LogP contribution < -0.4 is 0 Å². The fourth-order valence-electron chi connectivity index (χ4n) is 5.53. The molecule has 3 rings (SSSR count). The zero-order valence-electron chi connectivity index (χ0n) is 17.5. The third kappa shape index (κ3) is 2.91. The molecule has 152 valence electrons. The second-order valence-corrected chi connectivity index (χ2v) is 9.38. The molecule has 0 aromatic carbocycles. The van der Waals surface area contributed by atoms with Crippen LogP contribution in [0.15, 0.2) is 11.6 Å². The molecule has 3 aliphatic rings. The number of nitriles is 1. The lowest BCUT2D eigenvalue weighted by molar-refractivity contribution is -0.156. The average molecular weight is 387 g/mol. The van der Waals surface area contributed by atoms with Crippen LogP contribution in [0.1, 0.15) is 60.8 Å². The number of esters is 1. The fraction of sp³-hybridized carbons (Fsp3) is 0.727. The second-order valence-electron chi connectivity index (χ2n) is 9.38. The van der Waals surface area contributed by atoms with Gasteiger partial charge < -0.3 is 9.47 Å². The first-order valence-corrected chi connectivity index (χ1v) is 9.96. The van der Waals surface area contributed by atoms with Gasteiger partial charge in [-0.15, -0.1) is 0 Å². The quantitative estimate of drug-likeness (QED) is 0.543. The molecule has 0 amide bonds. The Morgan fingerprint density at radius 1 is 1.36 bits per heavy atom. The van der Waals surface area contributed by atoms with E-state index in [9.17, 15) is 19.6 Å². The number of ether oxygens (including phenoxy) is 2. The van der Waals surface area contributed by atoms with Crippen molar-refractivity contribution in [3.63, 3.8) is 0 Å². The largest absolute Gasteiger partial charge is 0.461 e. The van der Waals surface area contributed by atoms with Crippen molar-refractivity contribution in [3.05, 3.63) is 11.6 Å². The number of epoxide rings is 1. The summed E-state index contributed by atoms with van der Waals surface area (Å²) in [6, 6.07) is 2.06. The summed E-state index contributed by atoms with van der Waals surface area (Å²) in [5.41, 5.74) is -1.59. The normalized spacial score (nSPS) is 40.0. The van der Waals surface area contributed by atoms with Crippen molar-refractivity contribution in [1.82, 2.24) is 0 Å². The highest BCUT2D eigenvalue weighted by Gasteiger charge is 2.66. The number of allylic oxidation sites excluding steroid dienone is 1. The lowest BCUT2D eigenvalue weighted by Gasteiger charge is -2.52. The molecule has 1 aliphatic heterocycles. The van der Waals surface area contributed by atoms with Gasteiger partial charge in [0.15, 0.2) is 11.6 Å². The van der Waals surface area contributed by atoms with Gasteiger partial charge in [-0.25, -0.2) is 0 Å². The Morgan fingerprint density at radius 3 is 2.46 bits per heavy atom. The SMILES string of the molecule is CC(=O)O[C@@H]1CC(=O)C=C2C(C)[C@H](C(C)(C)C(=O)C3(C#N)OC3C)CCC21C. The van der Waals surface area contributed by atoms with Gasteiger partial charge in [-0.3, -0.25) is 14.4 Å². The number of carbonyl (C=O) groups is 3. The Labute approximate surface area is 166 Å². The maximum atomic E-state index is 13.2. The van der Waals surface area contributed by atoms with E-state index in [1.54, 1.807) is 13.0 Å². The number of ketones is 2. The molecule has 0 aromatic rings. The van der Waals surface area contributed by atoms with Gasteiger partial charge in [-0.1, -0.05) is 33.3 Å². The smallest absolute Gasteiger partial charge is 0.302 e. The predicted octanol–water partition coefficient (Wildman–Crippen LogP) is 3.15. The Morgan fingerprint density at radius 2 is 1.96 bits per heavy atom. The summed E-state index contributed by atoms with van der Waals surface area (Å²) in [5.74, 6) is -0.714. The molecule has 0 radical (unpaired) electrons. The number of hydrogen-bond acceptors (Lipinski definition) is 6. The number of nitrogens with zero attached hydrogens (tertiary/aromatic N) is 1. The first kappa shape index (κ1) is 20.7. The number of hydrogen-bond donors (Lipinski definition) is 0. The molecule has 1 saturated heterocycles. The highest BCUT2D eigenvalue weighted by molar-refractivity contribution is 5.98. The van der Waals surface area contributed by atoms with Crippen molar-refractivity contribution in [1.29, 1.82) is 5.26 Å². The van der Waals surface area contributed by atoms with Crippen LogP contribution in [0.3, 0.4) is 0 Å². The van der Waals surface area contributed by atoms with Crippen LogP contribution in [0.5, 0.6) is 0 Å². The second kappa shape index (κ2) is 6.52. The lowest BCUT2D eigenvalue weighted by Crippen LogP contribution is -2.52. The van der Waals surface area contributed by atoms with Gasteiger partial charge >= 0.3 is 5.97 Å². The summed E-state index contributed by atoms with van der Waals surface area (Å²) in [4.78, 5) is 37.2. The van der Waals surface area contributed by atoms with Gasteiger partial charge in [-0.2, -0.15) is 5.26 Å². The van der Waals surface area contributed by atoms with Crippen LogP contribution in [-0.2, 0) is 23.9 Å². The molecule has 2 aliphatic carbocycles. The average Bonchev–Trinajstić information content (AvgIpc) is 3.27. The van der Waals surface area contributed by atoms with Gasteiger partial charge in [0.1, 0.15) is 18.3 Å². The molecule has 1 saturated carbocycles. The molecule has 1 heterocycles. The van der Waals surface area contributed by atoms with Gasteiger partial charge in [0.25, 0.3) is 0 Å². The fourth-order valence-corrected chi connectivity index (χ4v) is 5.53. The molecule has 28 heavy (non-hydrogen) atoms. The van der Waals surface area contributed by atoms with Crippen molar-refractivity contribution in [2.45, 2.75) is 78.6 Å². The Hall–Kier alpha value is -2.00. The summed E-state index contributed by atoms with van der Waals surface area (Å²) < 4.78 is 10.9. The Kier molecular flexibility index (Phi) is 4.83. The van der Waals surface area contributed by atoms with Gasteiger partial charge in [0.2, 0.25) is 5.60 Å². The lowest BCUT2D eigenvalue weighted by atomic mass is 9.52. The highest BCUT2D eigenvalue weighted by atomic mass is 16.6. The molecule has 0 bridgehead atoms. The van der Waals surface area contributed by atoms with E-state index in [1.165, 1.54) is 6.92 Å². The molecule has 0 N–H and O–H groups in total. The number of fused-ring (bicyclic) bond motifs is 1. The van der Waals surface area contributed by atoms with E-state index >= 15 is 0 Å². The summed E-state index contributed by atoms with van der Waals surface area (Å²) in [6.07, 6.45) is 2.48. The summed E-state index contributed by atoms with van der Waals surface area (Å²) in [5, 5.41) is 9.51. The van der Waals surface area contributed by atoms with Gasteiger partial charge in [-0.05, 0) is 37.7 Å². The summed E-state index contributed by atoms with van der Waals surface area (Å²) in [6.45, 7) is 10.9. The van der Waals surface area contributed by atoms with Crippen LogP contribution in [0, 0.1) is 34.0 Å². The van der Waals surface area contributed by atoms with E-state index in [4.69, 9.17) is 9.47 Å². The minimum absolute atomic E-state index is 0.0372. The molecule has 0 aromatic heterocycles. The topological polar surface area (TPSA) is 96.8 Å². The molecule has 0 spiro atoms. The summed E-state index contributed by atoms with van der Waals surface area (Å²) >= 11 is 0. The Bertz CT molecular complexity index is 806. The highest BCUT2D eigenvalue weighted by Crippen LogP contribution is 2.57. The number of Topliss-reactive ketones (excluding diaryl/α,β-unsaturated/α-hetero) is 1. The zero-order chi connectivity index (χ0) is 21.1. The third-order valence-corrected chi connectivity index (χ3v) is 7.34. The Balaban J connectivity index is 1.92. The minimum atomic E-state index is -1.35. The monoisotopic (exact) mass is 387 g/mol. The molecule has 6 heteroatoms. The first-order chi connectivity index (χ1) is 12.9. The molecular weight excluding hydrogens is 358 g/mol. The van der Waals surface area contributed by atoms with Crippen molar-refractivity contribution in [3.8, 4) is 6.07 Å². The van der Waals surface area contributed by atoms with Crippen LogP contribution in [0.4, 0.5) is 0 Å². The van der Waals surface area contributed by atoms with Crippen molar-refractivity contribution in [2.24, 2.45) is 22.7 Å². The van der Waals surface area contributed by atoms with Crippen LogP contribution in [0.2, 0.25) is 0 Å². The maximum Gasteiger partial charge on any atom is 0.302 e. The van der Waals surface area contributed by atoms with Crippen LogP contribution in [0.25, 0.3) is 0 Å². The maximum absolute atomic E-state index is 13.2. The van der Waals surface area contributed by atoms with E-state index < -0.39 is 28.6 Å². The van der Waals surface area contributed by atoms with Crippen molar-refractivity contribution < 1.29 is 23.9 Å². The molecule has 6 nitrogen and oxygen atoms in total. The molecule has 4 unspecified atom stereocenters. The molecule has 6 atom stereocenters. The van der Waals surface area contributed by atoms with Crippen LogP contribution >= 0.6 is 0 Å². The van der Waals surface area contributed by atoms with E-state index in [-0.39, 0.29) is 35.8 Å². The zero-order valence-corrected chi connectivity index (χ0v) is 17.5. The predicted molar refractivity (Wildman–Crippen MR) is 101 cm³/mol. The number of carbonyl (C=O) groups excluding carboxylic acids is 3. The van der Waals surface area contributed by atoms with E-state index in [2.05, 4.69) is 6.07 Å². The van der Waals surface area contributed by atoms with Crippen LogP contribution in [-0.4, -0.2) is 35.3 Å². The summed E-state index contributed by atoms with van der Waals surface area (Å²) in [7, 11) is 0. The van der Waals surface area contributed by atoms with E-state index in [1.807, 2.05) is 27.7 Å². The minimum Gasteiger partial charge on any atom is -0.461 e. The van der Waals surface area contributed by atoms with Gasteiger partial charge in [0, 0.05) is 24.2 Å². The number of rotatable bonds is 4. The first-order valence-electron chi connectivity index (χ1n) is 9.96. The third-order valence-electron chi connectivity index (χ3n) is 7.34. The molecular formula is C22H29NO5. The van der Waals surface area contributed by atoms with E-state index in [0.29, 0.717) is 6.42 Å². The molecule has 2 fully saturated rings. The van der Waals surface area contributed by atoms with Crippen molar-refractivity contribution in [2.75, 3.05) is 0 Å².